The lowest BCUT2D eigenvalue weighted by molar-refractivity contribution is 0.0853. The number of sulfonamides is 1. The average Bonchev–Trinajstić information content (AvgIpc) is 3.22. The largest absolute Gasteiger partial charge is 0.381 e. The van der Waals surface area contributed by atoms with Gasteiger partial charge in [-0.3, -0.25) is 9.59 Å². The van der Waals surface area contributed by atoms with Crippen molar-refractivity contribution in [2.45, 2.75) is 36.6 Å². The number of nitrogens with one attached hydrogen (secondary N) is 2. The molecule has 4 N–H and O–H groups in total. The number of ether oxygens (including phenoxy) is 1. The molecule has 2 aromatic heterocycles. The van der Waals surface area contributed by atoms with Gasteiger partial charge in [-0.15, -0.1) is 0 Å². The summed E-state index contributed by atoms with van der Waals surface area (Å²) in [6.07, 6.45) is 1.58. The summed E-state index contributed by atoms with van der Waals surface area (Å²) >= 11 is 0. The highest BCUT2D eigenvalue weighted by atomic mass is 32.2. The molecule has 3 aromatic rings. The van der Waals surface area contributed by atoms with Crippen LogP contribution < -0.4 is 15.8 Å². The molecular formula is C23H25N5O5S. The molecule has 2 amide bonds. The van der Waals surface area contributed by atoms with Crippen molar-refractivity contribution in [3.8, 4) is 0 Å². The fourth-order valence-electron chi connectivity index (χ4n) is 4.61. The van der Waals surface area contributed by atoms with Crippen LogP contribution in [0, 0.1) is 0 Å². The summed E-state index contributed by atoms with van der Waals surface area (Å²) in [5, 5.41) is 11.7. The van der Waals surface area contributed by atoms with Crippen LogP contribution in [0.5, 0.6) is 0 Å². The molecule has 0 unspecified atom stereocenters. The van der Waals surface area contributed by atoms with Gasteiger partial charge in [-0.2, -0.15) is 0 Å². The number of hydrogen-bond donors (Lipinski definition) is 3. The molecule has 4 heterocycles. The van der Waals surface area contributed by atoms with Crippen molar-refractivity contribution in [1.29, 1.82) is 0 Å². The van der Waals surface area contributed by atoms with Crippen LogP contribution in [0.3, 0.4) is 0 Å². The molecule has 34 heavy (non-hydrogen) atoms. The van der Waals surface area contributed by atoms with Crippen LogP contribution in [-0.4, -0.2) is 49.5 Å². The Balaban J connectivity index is 1.48. The molecule has 1 atom stereocenters. The van der Waals surface area contributed by atoms with Gasteiger partial charge in [-0.1, -0.05) is 6.07 Å². The van der Waals surface area contributed by atoms with E-state index in [1.165, 1.54) is 6.07 Å². The number of benzene rings is 1. The summed E-state index contributed by atoms with van der Waals surface area (Å²) in [6, 6.07) is 9.87. The van der Waals surface area contributed by atoms with E-state index in [1.54, 1.807) is 30.3 Å². The van der Waals surface area contributed by atoms with E-state index in [-0.39, 0.29) is 34.1 Å². The van der Waals surface area contributed by atoms with Crippen LogP contribution in [-0.2, 0) is 14.8 Å². The molecule has 2 aliphatic heterocycles. The van der Waals surface area contributed by atoms with Gasteiger partial charge in [0.05, 0.1) is 11.7 Å². The van der Waals surface area contributed by atoms with Gasteiger partial charge in [0.25, 0.3) is 11.8 Å². The first-order valence-electron chi connectivity index (χ1n) is 11.1. The molecule has 0 spiro atoms. The van der Waals surface area contributed by atoms with Gasteiger partial charge in [0.2, 0.25) is 10.0 Å². The Morgan fingerprint density at radius 2 is 1.97 bits per heavy atom. The zero-order chi connectivity index (χ0) is 24.0. The molecule has 178 valence electrons. The zero-order valence-corrected chi connectivity index (χ0v) is 19.4. The van der Waals surface area contributed by atoms with Gasteiger partial charge in [0.15, 0.2) is 0 Å². The van der Waals surface area contributed by atoms with E-state index in [1.807, 2.05) is 11.5 Å². The van der Waals surface area contributed by atoms with Gasteiger partial charge in [-0.25, -0.2) is 18.5 Å². The first-order chi connectivity index (χ1) is 16.2. The molecule has 2 aliphatic rings. The highest BCUT2D eigenvalue weighted by Gasteiger charge is 2.26. The highest BCUT2D eigenvalue weighted by molar-refractivity contribution is 7.89. The van der Waals surface area contributed by atoms with Crippen molar-refractivity contribution in [3.63, 3.8) is 0 Å². The minimum Gasteiger partial charge on any atom is -0.381 e. The monoisotopic (exact) mass is 483 g/mol. The third-order valence-electron chi connectivity index (χ3n) is 6.40. The lowest BCUT2D eigenvalue weighted by Crippen LogP contribution is -2.37. The molecule has 0 radical (unpaired) electrons. The predicted octanol–water partition coefficient (Wildman–Crippen LogP) is 2.13. The second-order valence-electron chi connectivity index (χ2n) is 8.71. The summed E-state index contributed by atoms with van der Waals surface area (Å²) < 4.78 is 31.8. The van der Waals surface area contributed by atoms with Crippen LogP contribution >= 0.6 is 0 Å². The van der Waals surface area contributed by atoms with Gasteiger partial charge in [0, 0.05) is 25.1 Å². The summed E-state index contributed by atoms with van der Waals surface area (Å²) in [5.74, 6) is -0.596. The Labute approximate surface area is 196 Å². The lowest BCUT2D eigenvalue weighted by atomic mass is 9.91. The molecule has 1 aromatic carbocycles. The van der Waals surface area contributed by atoms with Crippen LogP contribution in [0.1, 0.15) is 58.3 Å². The maximum absolute atomic E-state index is 13.0. The van der Waals surface area contributed by atoms with E-state index in [0.29, 0.717) is 31.1 Å². The number of fused-ring (bicyclic) bond motifs is 3. The van der Waals surface area contributed by atoms with Gasteiger partial charge in [0.1, 0.15) is 21.9 Å². The fraction of sp³-hybridized carbons (Fsp3) is 0.348. The number of nitrogens with two attached hydrogens (primary N) is 1. The topological polar surface area (TPSA) is 145 Å². The molecule has 10 nitrogen and oxygen atoms in total. The quantitative estimate of drug-likeness (QED) is 0.518. The third kappa shape index (κ3) is 4.06. The smallest absolute Gasteiger partial charge is 0.274 e. The second kappa shape index (κ2) is 8.49. The molecular weight excluding hydrogens is 458 g/mol. The summed E-state index contributed by atoms with van der Waals surface area (Å²) in [7, 11) is -4.09. The Hall–Kier alpha value is -3.28. The number of aromatic nitrogens is 2. The summed E-state index contributed by atoms with van der Waals surface area (Å²) in [5.41, 5.74) is 2.04. The number of nitrogens with zero attached hydrogens (tertiary/aromatic N) is 2. The number of rotatable bonds is 4. The van der Waals surface area contributed by atoms with E-state index in [9.17, 15) is 18.0 Å². The SMILES string of the molecule is C[C@@H]1CNC(=O)c2cc3ccc(C(=O)Nc4ccc(C5CCOCC5)cc4S(N)(=O)=O)nc3n21. The standard InChI is InChI=1S/C23H25N5O5S/c1-13-12-25-23(30)19-10-16-3-5-18(26-21(16)28(13)19)22(29)27-17-4-2-15(11-20(17)34(24,31)32)14-6-8-33-9-7-14/h2-5,10-11,13-14H,6-9,12H2,1H3,(H,25,30)(H,27,29)(H2,24,31,32)/t13-/m1/s1. The van der Waals surface area contributed by atoms with Crippen LogP contribution in [0.25, 0.3) is 11.0 Å². The number of hydrogen-bond acceptors (Lipinski definition) is 6. The first-order valence-corrected chi connectivity index (χ1v) is 12.6. The van der Waals surface area contributed by atoms with Crippen LogP contribution in [0.2, 0.25) is 0 Å². The molecule has 0 aliphatic carbocycles. The van der Waals surface area contributed by atoms with Crippen molar-refractivity contribution in [2.75, 3.05) is 25.1 Å². The van der Waals surface area contributed by atoms with Crippen molar-refractivity contribution in [2.24, 2.45) is 5.14 Å². The van der Waals surface area contributed by atoms with E-state index in [2.05, 4.69) is 15.6 Å². The Kier molecular flexibility index (Phi) is 5.62. The lowest BCUT2D eigenvalue weighted by Gasteiger charge is -2.23. The van der Waals surface area contributed by atoms with Crippen molar-refractivity contribution in [1.82, 2.24) is 14.9 Å². The average molecular weight is 484 g/mol. The van der Waals surface area contributed by atoms with Crippen molar-refractivity contribution < 1.29 is 22.7 Å². The minimum atomic E-state index is -4.09. The second-order valence-corrected chi connectivity index (χ2v) is 10.2. The maximum Gasteiger partial charge on any atom is 0.274 e. The maximum atomic E-state index is 13.0. The van der Waals surface area contributed by atoms with Crippen LogP contribution in [0.15, 0.2) is 41.3 Å². The molecule has 1 fully saturated rings. The zero-order valence-electron chi connectivity index (χ0n) is 18.6. The van der Waals surface area contributed by atoms with Gasteiger partial charge in [-0.05, 0) is 61.6 Å². The normalized spacial score (nSPS) is 19.0. The van der Waals surface area contributed by atoms with E-state index in [0.717, 1.165) is 23.8 Å². The van der Waals surface area contributed by atoms with Crippen molar-refractivity contribution in [3.05, 3.63) is 53.3 Å². The third-order valence-corrected chi connectivity index (χ3v) is 7.35. The number of carbonyl (C=O) groups is 2. The van der Waals surface area contributed by atoms with E-state index < -0.39 is 15.9 Å². The van der Waals surface area contributed by atoms with Crippen LogP contribution in [0.4, 0.5) is 5.69 Å². The summed E-state index contributed by atoms with van der Waals surface area (Å²) in [4.78, 5) is 29.6. The molecule has 0 bridgehead atoms. The summed E-state index contributed by atoms with van der Waals surface area (Å²) in [6.45, 7) is 3.65. The number of primary sulfonamides is 1. The predicted molar refractivity (Wildman–Crippen MR) is 125 cm³/mol. The number of carbonyl (C=O) groups excluding carboxylic acids is 2. The minimum absolute atomic E-state index is 0.0253. The van der Waals surface area contributed by atoms with Crippen molar-refractivity contribution >= 4 is 38.6 Å². The molecule has 5 rings (SSSR count). The number of amides is 2. The molecule has 11 heteroatoms. The first kappa shape index (κ1) is 22.5. The van der Waals surface area contributed by atoms with Gasteiger partial charge >= 0.3 is 0 Å². The highest BCUT2D eigenvalue weighted by Crippen LogP contribution is 2.32. The van der Waals surface area contributed by atoms with Gasteiger partial charge < -0.3 is 19.9 Å². The number of pyridine rings is 1. The van der Waals surface area contributed by atoms with E-state index >= 15 is 0 Å². The van der Waals surface area contributed by atoms with E-state index in [4.69, 9.17) is 9.88 Å². The Bertz CT molecular complexity index is 1410. The molecule has 1 saturated heterocycles. The Morgan fingerprint density at radius 1 is 1.21 bits per heavy atom. The Morgan fingerprint density at radius 3 is 2.71 bits per heavy atom. The fourth-order valence-corrected chi connectivity index (χ4v) is 5.34. The molecule has 0 saturated carbocycles. The number of anilines is 1.